The van der Waals surface area contributed by atoms with Crippen molar-refractivity contribution in [3.63, 3.8) is 0 Å². The molecule has 0 spiro atoms. The predicted molar refractivity (Wildman–Crippen MR) is 59.5 cm³/mol. The Morgan fingerprint density at radius 2 is 2.44 bits per heavy atom. The molecule has 2 aromatic rings. The van der Waals surface area contributed by atoms with Crippen LogP contribution in [-0.4, -0.2) is 28.5 Å². The number of aromatic nitrogens is 2. The average Bonchev–Trinajstić information content (AvgIpc) is 2.65. The summed E-state index contributed by atoms with van der Waals surface area (Å²) in [5.74, 6) is 0. The number of rotatable bonds is 3. The molecule has 16 heavy (non-hydrogen) atoms. The molecule has 1 aliphatic rings. The Morgan fingerprint density at radius 1 is 1.56 bits per heavy atom. The lowest BCUT2D eigenvalue weighted by Gasteiger charge is -2.26. The number of fused-ring (bicyclic) bond motifs is 1. The van der Waals surface area contributed by atoms with Gasteiger partial charge in [0.15, 0.2) is 0 Å². The first-order valence-corrected chi connectivity index (χ1v) is 5.38. The summed E-state index contributed by atoms with van der Waals surface area (Å²) in [7, 11) is 0. The van der Waals surface area contributed by atoms with Gasteiger partial charge in [0.1, 0.15) is 6.29 Å². The highest BCUT2D eigenvalue weighted by Crippen LogP contribution is 2.18. The van der Waals surface area contributed by atoms with Gasteiger partial charge in [-0.05, 0) is 24.6 Å². The molecule has 0 N–H and O–H groups in total. The second-order valence-electron chi connectivity index (χ2n) is 4.04. The number of imidazole rings is 1. The van der Waals surface area contributed by atoms with Crippen molar-refractivity contribution in [3.05, 3.63) is 30.1 Å². The molecule has 4 nitrogen and oxygen atoms in total. The first-order chi connectivity index (χ1) is 7.86. The van der Waals surface area contributed by atoms with E-state index in [1.165, 1.54) is 0 Å². The number of aldehydes is 1. The predicted octanol–water partition coefficient (Wildman–Crippen LogP) is 1.64. The van der Waals surface area contributed by atoms with E-state index < -0.39 is 0 Å². The fraction of sp³-hybridized carbons (Fsp3) is 0.333. The molecule has 1 atom stereocenters. The Bertz CT molecular complexity index is 529. The molecule has 1 saturated heterocycles. The van der Waals surface area contributed by atoms with Crippen LogP contribution in [0.25, 0.3) is 11.0 Å². The Balaban J connectivity index is 1.99. The van der Waals surface area contributed by atoms with Crippen molar-refractivity contribution in [2.45, 2.75) is 19.1 Å². The highest BCUT2D eigenvalue weighted by molar-refractivity contribution is 5.84. The van der Waals surface area contributed by atoms with Crippen molar-refractivity contribution in [1.82, 2.24) is 9.55 Å². The maximum absolute atomic E-state index is 10.7. The summed E-state index contributed by atoms with van der Waals surface area (Å²) in [4.78, 5) is 15.0. The van der Waals surface area contributed by atoms with Crippen molar-refractivity contribution in [1.29, 1.82) is 0 Å². The third-order valence-corrected chi connectivity index (χ3v) is 2.97. The molecule has 0 bridgehead atoms. The van der Waals surface area contributed by atoms with Crippen LogP contribution in [0.5, 0.6) is 0 Å². The van der Waals surface area contributed by atoms with Crippen LogP contribution >= 0.6 is 0 Å². The number of hydrogen-bond donors (Lipinski definition) is 0. The number of carbonyl (C=O) groups excluding carboxylic acids is 1. The number of benzene rings is 1. The Kier molecular flexibility index (Phi) is 2.22. The van der Waals surface area contributed by atoms with Crippen molar-refractivity contribution < 1.29 is 9.53 Å². The minimum atomic E-state index is 0.303. The van der Waals surface area contributed by atoms with Gasteiger partial charge in [0.25, 0.3) is 0 Å². The minimum absolute atomic E-state index is 0.303. The molecule has 0 amide bonds. The van der Waals surface area contributed by atoms with Gasteiger partial charge in [-0.3, -0.25) is 4.79 Å². The lowest BCUT2D eigenvalue weighted by atomic mass is 10.2. The zero-order valence-electron chi connectivity index (χ0n) is 8.80. The average molecular weight is 216 g/mol. The SMILES string of the molecule is O=Cc1ccc2ncn(C[C@@H]3CCO3)c2c1. The van der Waals surface area contributed by atoms with Gasteiger partial charge in [-0.25, -0.2) is 4.98 Å². The number of hydrogen-bond acceptors (Lipinski definition) is 3. The van der Waals surface area contributed by atoms with Gasteiger partial charge in [0.2, 0.25) is 0 Å². The fourth-order valence-electron chi connectivity index (χ4n) is 1.94. The largest absolute Gasteiger partial charge is 0.376 e. The van der Waals surface area contributed by atoms with Gasteiger partial charge < -0.3 is 9.30 Å². The highest BCUT2D eigenvalue weighted by Gasteiger charge is 2.19. The van der Waals surface area contributed by atoms with E-state index >= 15 is 0 Å². The molecule has 0 aliphatic carbocycles. The normalized spacial score (nSPS) is 19.6. The molecule has 1 aromatic carbocycles. The van der Waals surface area contributed by atoms with Crippen LogP contribution in [0.3, 0.4) is 0 Å². The van der Waals surface area contributed by atoms with Gasteiger partial charge in [-0.2, -0.15) is 0 Å². The Labute approximate surface area is 92.8 Å². The second-order valence-corrected chi connectivity index (χ2v) is 4.04. The van der Waals surface area contributed by atoms with E-state index in [0.717, 1.165) is 36.9 Å². The summed E-state index contributed by atoms with van der Waals surface area (Å²) < 4.78 is 7.44. The zero-order chi connectivity index (χ0) is 11.0. The summed E-state index contributed by atoms with van der Waals surface area (Å²) in [5, 5.41) is 0. The van der Waals surface area contributed by atoms with E-state index in [4.69, 9.17) is 4.74 Å². The van der Waals surface area contributed by atoms with Crippen LogP contribution in [0.4, 0.5) is 0 Å². The van der Waals surface area contributed by atoms with Crippen molar-refractivity contribution in [2.75, 3.05) is 6.61 Å². The van der Waals surface area contributed by atoms with Crippen LogP contribution < -0.4 is 0 Å². The summed E-state index contributed by atoms with van der Waals surface area (Å²) in [5.41, 5.74) is 2.61. The van der Waals surface area contributed by atoms with E-state index in [2.05, 4.69) is 4.98 Å². The quantitative estimate of drug-likeness (QED) is 0.732. The molecule has 1 aliphatic heterocycles. The van der Waals surface area contributed by atoms with Gasteiger partial charge in [-0.1, -0.05) is 0 Å². The van der Waals surface area contributed by atoms with E-state index in [9.17, 15) is 4.79 Å². The Morgan fingerprint density at radius 3 is 3.12 bits per heavy atom. The molecule has 1 fully saturated rings. The van der Waals surface area contributed by atoms with Crippen LogP contribution in [0.1, 0.15) is 16.8 Å². The number of nitrogens with zero attached hydrogens (tertiary/aromatic N) is 2. The fourth-order valence-corrected chi connectivity index (χ4v) is 1.94. The van der Waals surface area contributed by atoms with E-state index in [0.29, 0.717) is 11.7 Å². The molecular weight excluding hydrogens is 204 g/mol. The maximum Gasteiger partial charge on any atom is 0.150 e. The van der Waals surface area contributed by atoms with Crippen molar-refractivity contribution in [3.8, 4) is 0 Å². The standard InChI is InChI=1S/C12H12N2O2/c15-7-9-1-2-11-12(5-9)14(8-13-11)6-10-3-4-16-10/h1-2,5,7-8,10H,3-4,6H2/t10-/m0/s1. The van der Waals surface area contributed by atoms with E-state index in [-0.39, 0.29) is 0 Å². The molecule has 1 aromatic heterocycles. The number of ether oxygens (including phenoxy) is 1. The first kappa shape index (κ1) is 9.54. The lowest BCUT2D eigenvalue weighted by molar-refractivity contribution is -0.0586. The molecule has 4 heteroatoms. The van der Waals surface area contributed by atoms with E-state index in [1.807, 2.05) is 16.7 Å². The first-order valence-electron chi connectivity index (χ1n) is 5.38. The third-order valence-electron chi connectivity index (χ3n) is 2.97. The molecule has 0 radical (unpaired) electrons. The van der Waals surface area contributed by atoms with Crippen LogP contribution in [0.2, 0.25) is 0 Å². The summed E-state index contributed by atoms with van der Waals surface area (Å²) in [6.07, 6.45) is 4.07. The molecule has 3 rings (SSSR count). The smallest absolute Gasteiger partial charge is 0.150 e. The van der Waals surface area contributed by atoms with Gasteiger partial charge in [0, 0.05) is 12.2 Å². The topological polar surface area (TPSA) is 44.1 Å². The van der Waals surface area contributed by atoms with Crippen LogP contribution in [0.15, 0.2) is 24.5 Å². The molecular formula is C12H12N2O2. The summed E-state index contributed by atoms with van der Waals surface area (Å²) >= 11 is 0. The molecule has 2 heterocycles. The summed E-state index contributed by atoms with van der Waals surface area (Å²) in [6, 6.07) is 5.53. The third kappa shape index (κ3) is 1.51. The number of carbonyl (C=O) groups is 1. The maximum atomic E-state index is 10.7. The monoisotopic (exact) mass is 216 g/mol. The van der Waals surface area contributed by atoms with Gasteiger partial charge >= 0.3 is 0 Å². The van der Waals surface area contributed by atoms with E-state index in [1.54, 1.807) is 12.4 Å². The Hall–Kier alpha value is -1.68. The summed E-state index contributed by atoms with van der Waals surface area (Å²) in [6.45, 7) is 1.68. The molecule has 0 unspecified atom stereocenters. The lowest BCUT2D eigenvalue weighted by Crippen LogP contribution is -2.30. The van der Waals surface area contributed by atoms with Crippen LogP contribution in [-0.2, 0) is 11.3 Å². The van der Waals surface area contributed by atoms with Crippen molar-refractivity contribution >= 4 is 17.3 Å². The zero-order valence-corrected chi connectivity index (χ0v) is 8.80. The van der Waals surface area contributed by atoms with Gasteiger partial charge in [-0.15, -0.1) is 0 Å². The highest BCUT2D eigenvalue weighted by atomic mass is 16.5. The van der Waals surface area contributed by atoms with Gasteiger partial charge in [0.05, 0.1) is 30.0 Å². The molecule has 82 valence electrons. The minimum Gasteiger partial charge on any atom is -0.376 e. The van der Waals surface area contributed by atoms with Crippen molar-refractivity contribution in [2.24, 2.45) is 0 Å². The molecule has 0 saturated carbocycles. The second kappa shape index (κ2) is 3.72. The van der Waals surface area contributed by atoms with Crippen LogP contribution in [0, 0.1) is 0 Å².